The fourth-order valence-corrected chi connectivity index (χ4v) is 1.25. The van der Waals surface area contributed by atoms with Gasteiger partial charge < -0.3 is 0 Å². The fraction of sp³-hybridized carbons (Fsp3) is 0.100. The highest BCUT2D eigenvalue weighted by Crippen LogP contribution is 2.19. The number of nitrogens with zero attached hydrogens (tertiary/aromatic N) is 2. The first-order valence-electron chi connectivity index (χ1n) is 4.02. The molecule has 3 heteroatoms. The molecule has 0 aliphatic rings. The van der Waals surface area contributed by atoms with Crippen LogP contribution in [0.3, 0.4) is 0 Å². The van der Waals surface area contributed by atoms with Crippen LogP contribution in [0.4, 0.5) is 4.39 Å². The Labute approximate surface area is 75.6 Å². The maximum Gasteiger partial charge on any atom is 0.169 e. The second-order valence-electron chi connectivity index (χ2n) is 2.87. The summed E-state index contributed by atoms with van der Waals surface area (Å²) in [7, 11) is 1.70. The predicted molar refractivity (Wildman–Crippen MR) is 48.6 cm³/mol. The van der Waals surface area contributed by atoms with Gasteiger partial charge in [-0.2, -0.15) is 5.10 Å². The van der Waals surface area contributed by atoms with Crippen molar-refractivity contribution < 1.29 is 4.39 Å². The van der Waals surface area contributed by atoms with Gasteiger partial charge in [0.25, 0.3) is 0 Å². The standard InChI is InChI=1S/C10H9FN2/c1-13-7-9(11)10(12-13)8-5-3-2-4-6-8/h2-7H,1H3. The molecule has 1 aromatic heterocycles. The first-order valence-corrected chi connectivity index (χ1v) is 4.02. The molecule has 1 heterocycles. The number of hydrogen-bond acceptors (Lipinski definition) is 1. The van der Waals surface area contributed by atoms with Crippen molar-refractivity contribution in [1.82, 2.24) is 9.78 Å². The van der Waals surface area contributed by atoms with Gasteiger partial charge in [-0.15, -0.1) is 0 Å². The summed E-state index contributed by atoms with van der Waals surface area (Å²) in [6.45, 7) is 0. The minimum Gasteiger partial charge on any atom is -0.272 e. The molecule has 0 N–H and O–H groups in total. The van der Waals surface area contributed by atoms with Crippen molar-refractivity contribution in [2.24, 2.45) is 7.05 Å². The molecule has 0 atom stereocenters. The van der Waals surface area contributed by atoms with Crippen molar-refractivity contribution >= 4 is 0 Å². The summed E-state index contributed by atoms with van der Waals surface area (Å²) in [5, 5.41) is 4.02. The van der Waals surface area contributed by atoms with Crippen molar-refractivity contribution in [1.29, 1.82) is 0 Å². The van der Waals surface area contributed by atoms with Crippen LogP contribution in [0.2, 0.25) is 0 Å². The molecular formula is C10H9FN2. The second kappa shape index (κ2) is 3.01. The van der Waals surface area contributed by atoms with E-state index in [4.69, 9.17) is 0 Å². The SMILES string of the molecule is Cn1cc(F)c(-c2ccccc2)n1. The normalized spacial score (nSPS) is 10.3. The van der Waals surface area contributed by atoms with Gasteiger partial charge in [0, 0.05) is 12.6 Å². The van der Waals surface area contributed by atoms with Gasteiger partial charge in [-0.25, -0.2) is 4.39 Å². The number of hydrogen-bond donors (Lipinski definition) is 0. The van der Waals surface area contributed by atoms with Gasteiger partial charge in [-0.05, 0) is 0 Å². The summed E-state index contributed by atoms with van der Waals surface area (Å²) < 4.78 is 14.7. The molecule has 2 aromatic rings. The van der Waals surface area contributed by atoms with Crippen molar-refractivity contribution in [2.45, 2.75) is 0 Å². The number of aryl methyl sites for hydroxylation is 1. The Bertz CT molecular complexity index is 406. The van der Waals surface area contributed by atoms with Crippen LogP contribution in [0, 0.1) is 5.82 Å². The molecule has 0 spiro atoms. The van der Waals surface area contributed by atoms with Gasteiger partial charge in [0.1, 0.15) is 5.69 Å². The zero-order valence-corrected chi connectivity index (χ0v) is 7.24. The largest absolute Gasteiger partial charge is 0.272 e. The summed E-state index contributed by atoms with van der Waals surface area (Å²) >= 11 is 0. The van der Waals surface area contributed by atoms with Gasteiger partial charge in [0.2, 0.25) is 0 Å². The van der Waals surface area contributed by atoms with Crippen LogP contribution >= 0.6 is 0 Å². The third-order valence-corrected chi connectivity index (χ3v) is 1.83. The van der Waals surface area contributed by atoms with Gasteiger partial charge in [0.15, 0.2) is 5.82 Å². The van der Waals surface area contributed by atoms with E-state index in [-0.39, 0.29) is 5.82 Å². The Balaban J connectivity index is 2.53. The van der Waals surface area contributed by atoms with E-state index < -0.39 is 0 Å². The third kappa shape index (κ3) is 1.45. The van der Waals surface area contributed by atoms with E-state index in [2.05, 4.69) is 5.10 Å². The molecule has 0 radical (unpaired) electrons. The lowest BCUT2D eigenvalue weighted by atomic mass is 10.1. The molecule has 0 fully saturated rings. The Kier molecular flexibility index (Phi) is 1.85. The summed E-state index contributed by atoms with van der Waals surface area (Å²) in [4.78, 5) is 0. The Morgan fingerprint density at radius 1 is 1.23 bits per heavy atom. The van der Waals surface area contributed by atoms with Crippen molar-refractivity contribution in [3.05, 3.63) is 42.3 Å². The monoisotopic (exact) mass is 176 g/mol. The highest BCUT2D eigenvalue weighted by Gasteiger charge is 2.07. The molecule has 0 saturated heterocycles. The number of halogens is 1. The summed E-state index contributed by atoms with van der Waals surface area (Å²) in [5.74, 6) is -0.284. The Morgan fingerprint density at radius 2 is 1.92 bits per heavy atom. The van der Waals surface area contributed by atoms with E-state index in [1.165, 1.54) is 10.9 Å². The maximum atomic E-state index is 13.2. The van der Waals surface area contributed by atoms with Gasteiger partial charge >= 0.3 is 0 Å². The average Bonchev–Trinajstić information content (AvgIpc) is 2.47. The minimum absolute atomic E-state index is 0.284. The minimum atomic E-state index is -0.284. The fourth-order valence-electron chi connectivity index (χ4n) is 1.25. The lowest BCUT2D eigenvalue weighted by Gasteiger charge is -1.94. The van der Waals surface area contributed by atoms with E-state index in [1.807, 2.05) is 30.3 Å². The molecule has 0 bridgehead atoms. The lowest BCUT2D eigenvalue weighted by Crippen LogP contribution is -1.87. The molecule has 0 aliphatic carbocycles. The first kappa shape index (κ1) is 7.98. The van der Waals surface area contributed by atoms with Crippen LogP contribution in [0.5, 0.6) is 0 Å². The summed E-state index contributed by atoms with van der Waals surface area (Å²) in [6, 6.07) is 9.30. The van der Waals surface area contributed by atoms with Gasteiger partial charge in [-0.3, -0.25) is 4.68 Å². The zero-order valence-electron chi connectivity index (χ0n) is 7.24. The van der Waals surface area contributed by atoms with Crippen LogP contribution in [-0.2, 0) is 7.05 Å². The molecule has 2 rings (SSSR count). The molecular weight excluding hydrogens is 167 g/mol. The van der Waals surface area contributed by atoms with E-state index >= 15 is 0 Å². The summed E-state index contributed by atoms with van der Waals surface area (Å²) in [6.07, 6.45) is 1.36. The number of aromatic nitrogens is 2. The molecule has 2 nitrogen and oxygen atoms in total. The molecule has 13 heavy (non-hydrogen) atoms. The molecule has 0 aliphatic heterocycles. The second-order valence-corrected chi connectivity index (χ2v) is 2.87. The molecule has 66 valence electrons. The van der Waals surface area contributed by atoms with Gasteiger partial charge in [0.05, 0.1) is 6.20 Å². The lowest BCUT2D eigenvalue weighted by molar-refractivity contribution is 0.627. The van der Waals surface area contributed by atoms with Crippen LogP contribution < -0.4 is 0 Å². The Morgan fingerprint density at radius 3 is 2.46 bits per heavy atom. The summed E-state index contributed by atoms with van der Waals surface area (Å²) in [5.41, 5.74) is 1.21. The highest BCUT2D eigenvalue weighted by atomic mass is 19.1. The quantitative estimate of drug-likeness (QED) is 0.651. The molecule has 0 saturated carbocycles. The van der Waals surface area contributed by atoms with E-state index in [0.29, 0.717) is 5.69 Å². The maximum absolute atomic E-state index is 13.2. The van der Waals surface area contributed by atoms with E-state index in [0.717, 1.165) is 5.56 Å². The van der Waals surface area contributed by atoms with Crippen LogP contribution in [0.1, 0.15) is 0 Å². The van der Waals surface area contributed by atoms with Crippen molar-refractivity contribution in [3.8, 4) is 11.3 Å². The van der Waals surface area contributed by atoms with Crippen LogP contribution in [0.15, 0.2) is 36.5 Å². The first-order chi connectivity index (χ1) is 6.27. The molecule has 0 unspecified atom stereocenters. The number of benzene rings is 1. The smallest absolute Gasteiger partial charge is 0.169 e. The predicted octanol–water partition coefficient (Wildman–Crippen LogP) is 2.23. The van der Waals surface area contributed by atoms with Gasteiger partial charge in [-0.1, -0.05) is 30.3 Å². The van der Waals surface area contributed by atoms with E-state index in [9.17, 15) is 4.39 Å². The third-order valence-electron chi connectivity index (χ3n) is 1.83. The number of rotatable bonds is 1. The average molecular weight is 176 g/mol. The zero-order chi connectivity index (χ0) is 9.26. The van der Waals surface area contributed by atoms with Crippen molar-refractivity contribution in [2.75, 3.05) is 0 Å². The van der Waals surface area contributed by atoms with Crippen LogP contribution in [0.25, 0.3) is 11.3 Å². The van der Waals surface area contributed by atoms with Crippen LogP contribution in [-0.4, -0.2) is 9.78 Å². The molecule has 1 aromatic carbocycles. The highest BCUT2D eigenvalue weighted by molar-refractivity contribution is 5.58. The molecule has 0 amide bonds. The topological polar surface area (TPSA) is 17.8 Å². The Hall–Kier alpha value is -1.64. The van der Waals surface area contributed by atoms with Crippen molar-refractivity contribution in [3.63, 3.8) is 0 Å². The van der Waals surface area contributed by atoms with E-state index in [1.54, 1.807) is 7.05 Å².